The standard InChI is InChI=1S/C16H14BrFN2O3/c1-10(23-14-4-2-3-13(18)8-14)16(22)20-19-9-11-7-12(17)5-6-15(11)21/h2-10,21H,1H3,(H,20,22). The number of hydrogen-bond acceptors (Lipinski definition) is 4. The van der Waals surface area contributed by atoms with Crippen molar-refractivity contribution in [1.82, 2.24) is 5.43 Å². The molecule has 0 aliphatic heterocycles. The van der Waals surface area contributed by atoms with E-state index < -0.39 is 17.8 Å². The number of carbonyl (C=O) groups excluding carboxylic acids is 1. The minimum Gasteiger partial charge on any atom is -0.507 e. The van der Waals surface area contributed by atoms with Gasteiger partial charge in [-0.15, -0.1) is 0 Å². The maximum atomic E-state index is 13.0. The summed E-state index contributed by atoms with van der Waals surface area (Å²) in [6.07, 6.45) is 0.456. The zero-order chi connectivity index (χ0) is 16.8. The molecule has 0 aliphatic carbocycles. The highest BCUT2D eigenvalue weighted by atomic mass is 79.9. The van der Waals surface area contributed by atoms with Gasteiger partial charge in [0.2, 0.25) is 0 Å². The summed E-state index contributed by atoms with van der Waals surface area (Å²) in [5.41, 5.74) is 2.74. The second kappa shape index (κ2) is 7.73. The molecule has 2 aromatic carbocycles. The van der Waals surface area contributed by atoms with Crippen LogP contribution in [0, 0.1) is 5.82 Å². The van der Waals surface area contributed by atoms with Gasteiger partial charge in [0.05, 0.1) is 6.21 Å². The molecule has 0 aliphatic rings. The van der Waals surface area contributed by atoms with Crippen molar-refractivity contribution in [1.29, 1.82) is 0 Å². The molecule has 5 nitrogen and oxygen atoms in total. The smallest absolute Gasteiger partial charge is 0.280 e. The summed E-state index contributed by atoms with van der Waals surface area (Å²) in [6.45, 7) is 1.52. The fraction of sp³-hybridized carbons (Fsp3) is 0.125. The summed E-state index contributed by atoms with van der Waals surface area (Å²) < 4.78 is 19.1. The summed E-state index contributed by atoms with van der Waals surface area (Å²) >= 11 is 3.27. The molecular formula is C16H14BrFN2O3. The van der Waals surface area contributed by atoms with Crippen LogP contribution in [-0.2, 0) is 4.79 Å². The zero-order valence-corrected chi connectivity index (χ0v) is 13.7. The normalized spacial score (nSPS) is 12.1. The van der Waals surface area contributed by atoms with Crippen molar-refractivity contribution < 1.29 is 19.0 Å². The maximum Gasteiger partial charge on any atom is 0.280 e. The minimum atomic E-state index is -0.856. The Kier molecular flexibility index (Phi) is 5.70. The molecule has 0 spiro atoms. The van der Waals surface area contributed by atoms with Gasteiger partial charge in [-0.05, 0) is 37.3 Å². The molecule has 1 atom stereocenters. The van der Waals surface area contributed by atoms with E-state index in [9.17, 15) is 14.3 Å². The molecule has 0 aromatic heterocycles. The van der Waals surface area contributed by atoms with Crippen molar-refractivity contribution in [3.63, 3.8) is 0 Å². The Morgan fingerprint density at radius 3 is 2.91 bits per heavy atom. The highest BCUT2D eigenvalue weighted by Crippen LogP contribution is 2.20. The average molecular weight is 381 g/mol. The first kappa shape index (κ1) is 17.0. The van der Waals surface area contributed by atoms with E-state index in [0.29, 0.717) is 5.56 Å². The minimum absolute atomic E-state index is 0.0373. The molecule has 120 valence electrons. The number of hydrogen-bond donors (Lipinski definition) is 2. The Hall–Kier alpha value is -2.41. The Morgan fingerprint density at radius 1 is 1.39 bits per heavy atom. The molecule has 0 fully saturated rings. The number of phenolic OH excluding ortho intramolecular Hbond substituents is 1. The van der Waals surface area contributed by atoms with Crippen LogP contribution in [0.4, 0.5) is 4.39 Å². The van der Waals surface area contributed by atoms with Gasteiger partial charge in [0.1, 0.15) is 17.3 Å². The van der Waals surface area contributed by atoms with Crippen molar-refractivity contribution >= 4 is 28.1 Å². The van der Waals surface area contributed by atoms with Gasteiger partial charge < -0.3 is 9.84 Å². The van der Waals surface area contributed by atoms with Crippen LogP contribution < -0.4 is 10.2 Å². The predicted octanol–water partition coefficient (Wildman–Crippen LogP) is 3.21. The molecule has 0 bridgehead atoms. The maximum absolute atomic E-state index is 13.0. The van der Waals surface area contributed by atoms with Crippen molar-refractivity contribution in [2.24, 2.45) is 5.10 Å². The topological polar surface area (TPSA) is 70.9 Å². The first-order valence-electron chi connectivity index (χ1n) is 6.69. The number of nitrogens with zero attached hydrogens (tertiary/aromatic N) is 1. The lowest BCUT2D eigenvalue weighted by Gasteiger charge is -2.12. The van der Waals surface area contributed by atoms with E-state index in [4.69, 9.17) is 4.74 Å². The molecule has 2 N–H and O–H groups in total. The van der Waals surface area contributed by atoms with Crippen LogP contribution >= 0.6 is 15.9 Å². The molecule has 0 radical (unpaired) electrons. The van der Waals surface area contributed by atoms with Crippen LogP contribution in [-0.4, -0.2) is 23.3 Å². The Balaban J connectivity index is 1.93. The van der Waals surface area contributed by atoms with Crippen LogP contribution in [0.5, 0.6) is 11.5 Å². The molecule has 2 aromatic rings. The summed E-state index contributed by atoms with van der Waals surface area (Å²) in [4.78, 5) is 11.9. The highest BCUT2D eigenvalue weighted by Gasteiger charge is 2.14. The fourth-order valence-electron chi connectivity index (χ4n) is 1.68. The third kappa shape index (κ3) is 5.07. The second-order valence-electron chi connectivity index (χ2n) is 4.65. The lowest BCUT2D eigenvalue weighted by Crippen LogP contribution is -2.33. The molecule has 2 rings (SSSR count). The highest BCUT2D eigenvalue weighted by molar-refractivity contribution is 9.10. The lowest BCUT2D eigenvalue weighted by atomic mass is 10.2. The number of benzene rings is 2. The quantitative estimate of drug-likeness (QED) is 0.617. The number of halogens is 2. The van der Waals surface area contributed by atoms with Crippen LogP contribution in [0.2, 0.25) is 0 Å². The van der Waals surface area contributed by atoms with Gasteiger partial charge >= 0.3 is 0 Å². The average Bonchev–Trinajstić information content (AvgIpc) is 2.50. The molecule has 1 amide bonds. The second-order valence-corrected chi connectivity index (χ2v) is 5.57. The van der Waals surface area contributed by atoms with Crippen LogP contribution in [0.25, 0.3) is 0 Å². The van der Waals surface area contributed by atoms with E-state index in [-0.39, 0.29) is 11.5 Å². The largest absolute Gasteiger partial charge is 0.507 e. The van der Waals surface area contributed by atoms with E-state index in [1.165, 1.54) is 37.4 Å². The van der Waals surface area contributed by atoms with Crippen LogP contribution in [0.15, 0.2) is 52.0 Å². The molecule has 7 heteroatoms. The Labute approximate surface area is 140 Å². The number of phenols is 1. The monoisotopic (exact) mass is 380 g/mol. The predicted molar refractivity (Wildman–Crippen MR) is 88.0 cm³/mol. The molecule has 1 unspecified atom stereocenters. The van der Waals surface area contributed by atoms with Gasteiger partial charge in [0.25, 0.3) is 5.91 Å². The first-order chi connectivity index (χ1) is 11.0. The summed E-state index contributed by atoms with van der Waals surface area (Å²) in [6, 6.07) is 10.3. The molecule has 0 heterocycles. The van der Waals surface area contributed by atoms with E-state index >= 15 is 0 Å². The third-order valence-electron chi connectivity index (χ3n) is 2.85. The van der Waals surface area contributed by atoms with Gasteiger partial charge in [-0.2, -0.15) is 5.10 Å². The van der Waals surface area contributed by atoms with E-state index in [0.717, 1.165) is 4.47 Å². The van der Waals surface area contributed by atoms with Crippen molar-refractivity contribution in [3.8, 4) is 11.5 Å². The number of ether oxygens (including phenoxy) is 1. The number of rotatable bonds is 5. The third-order valence-corrected chi connectivity index (χ3v) is 3.34. The summed E-state index contributed by atoms with van der Waals surface area (Å²) in [5, 5.41) is 13.4. The van der Waals surface area contributed by atoms with Gasteiger partial charge in [-0.3, -0.25) is 4.79 Å². The van der Waals surface area contributed by atoms with Crippen molar-refractivity contribution in [2.45, 2.75) is 13.0 Å². The molecule has 0 saturated heterocycles. The molecular weight excluding hydrogens is 367 g/mol. The van der Waals surface area contributed by atoms with Gasteiger partial charge in [-0.25, -0.2) is 9.82 Å². The zero-order valence-electron chi connectivity index (χ0n) is 12.2. The van der Waals surface area contributed by atoms with E-state index in [2.05, 4.69) is 26.5 Å². The number of carbonyl (C=O) groups is 1. The first-order valence-corrected chi connectivity index (χ1v) is 7.48. The van der Waals surface area contributed by atoms with Gasteiger partial charge in [0.15, 0.2) is 6.10 Å². The number of amides is 1. The lowest BCUT2D eigenvalue weighted by molar-refractivity contribution is -0.127. The SMILES string of the molecule is CC(Oc1cccc(F)c1)C(=O)NN=Cc1cc(Br)ccc1O. The van der Waals surface area contributed by atoms with Gasteiger partial charge in [0, 0.05) is 16.1 Å². The van der Waals surface area contributed by atoms with E-state index in [1.807, 2.05) is 0 Å². The number of hydrazone groups is 1. The van der Waals surface area contributed by atoms with Crippen LogP contribution in [0.1, 0.15) is 12.5 Å². The molecule has 23 heavy (non-hydrogen) atoms. The van der Waals surface area contributed by atoms with Gasteiger partial charge in [-0.1, -0.05) is 22.0 Å². The van der Waals surface area contributed by atoms with Crippen molar-refractivity contribution in [3.05, 3.63) is 58.3 Å². The summed E-state index contributed by atoms with van der Waals surface area (Å²) in [5.74, 6) is -0.658. The van der Waals surface area contributed by atoms with Crippen LogP contribution in [0.3, 0.4) is 0 Å². The number of aromatic hydroxyl groups is 1. The molecule has 0 saturated carbocycles. The number of nitrogens with one attached hydrogen (secondary N) is 1. The van der Waals surface area contributed by atoms with Crippen molar-refractivity contribution in [2.75, 3.05) is 0 Å². The summed E-state index contributed by atoms with van der Waals surface area (Å²) in [7, 11) is 0. The van der Waals surface area contributed by atoms with E-state index in [1.54, 1.807) is 18.2 Å². The fourth-order valence-corrected chi connectivity index (χ4v) is 2.06. The Bertz CT molecular complexity index is 737. The Morgan fingerprint density at radius 2 is 2.17 bits per heavy atom.